The summed E-state index contributed by atoms with van der Waals surface area (Å²) in [5.74, 6) is 2.68. The number of rotatable bonds is 6. The van der Waals surface area contributed by atoms with Crippen molar-refractivity contribution in [3.05, 3.63) is 55.6 Å². The van der Waals surface area contributed by atoms with Crippen molar-refractivity contribution >= 4 is 28.1 Å². The number of thiophene rings is 1. The minimum absolute atomic E-state index is 0.252. The Labute approximate surface area is 196 Å². The lowest BCUT2D eigenvalue weighted by Crippen LogP contribution is -2.58. The van der Waals surface area contributed by atoms with Crippen molar-refractivity contribution in [2.24, 2.45) is 31.8 Å². The number of imidazole rings is 1. The van der Waals surface area contributed by atoms with Gasteiger partial charge in [-0.05, 0) is 73.3 Å². The number of allylic oxidation sites excluding steroid dienone is 1. The second-order valence-corrected chi connectivity index (χ2v) is 11.5. The molecule has 3 aromatic heterocycles. The molecule has 4 saturated carbocycles. The fourth-order valence-corrected chi connectivity index (χ4v) is 7.86. The van der Waals surface area contributed by atoms with Crippen molar-refractivity contribution in [3.63, 3.8) is 0 Å². The third-order valence-corrected chi connectivity index (χ3v) is 9.20. The van der Waals surface area contributed by atoms with Crippen LogP contribution in [0.2, 0.25) is 0 Å². The van der Waals surface area contributed by atoms with Crippen molar-refractivity contribution in [3.8, 4) is 0 Å². The third kappa shape index (κ3) is 3.54. The normalized spacial score (nSPS) is 28.8. The first-order chi connectivity index (χ1) is 15.9. The summed E-state index contributed by atoms with van der Waals surface area (Å²) < 4.78 is 4.47. The summed E-state index contributed by atoms with van der Waals surface area (Å²) in [4.78, 5) is 31.5. The van der Waals surface area contributed by atoms with Crippen LogP contribution in [-0.2, 0) is 20.6 Å². The first-order valence-corrected chi connectivity index (χ1v) is 12.9. The first-order valence-electron chi connectivity index (χ1n) is 12.0. The van der Waals surface area contributed by atoms with Crippen molar-refractivity contribution in [2.45, 2.75) is 50.6 Å². The van der Waals surface area contributed by atoms with Crippen molar-refractivity contribution in [1.29, 1.82) is 0 Å². The van der Waals surface area contributed by atoms with Crippen molar-refractivity contribution in [1.82, 2.24) is 24.0 Å². The van der Waals surface area contributed by atoms with E-state index in [4.69, 9.17) is 0 Å². The highest BCUT2D eigenvalue weighted by Crippen LogP contribution is 2.55. The number of fused-ring (bicyclic) bond motifs is 1. The molecule has 7 nitrogen and oxygen atoms in total. The maximum absolute atomic E-state index is 13.1. The second-order valence-electron chi connectivity index (χ2n) is 10.5. The molecule has 0 atom stereocenters. The van der Waals surface area contributed by atoms with Crippen molar-refractivity contribution < 1.29 is 0 Å². The van der Waals surface area contributed by atoms with Gasteiger partial charge in [-0.1, -0.05) is 12.1 Å². The fraction of sp³-hybridized carbons (Fsp3) is 0.560. The lowest BCUT2D eigenvalue weighted by atomic mass is 9.53. The highest BCUT2D eigenvalue weighted by atomic mass is 32.1. The Morgan fingerprint density at radius 3 is 2.52 bits per heavy atom. The molecule has 0 aromatic carbocycles. The monoisotopic (exact) mass is 465 g/mol. The number of nitrogens with one attached hydrogen (secondary N) is 1. The lowest BCUT2D eigenvalue weighted by Gasteiger charge is -2.57. The molecule has 4 bridgehead atoms. The minimum atomic E-state index is -0.331. The van der Waals surface area contributed by atoms with Crippen LogP contribution in [0, 0.1) is 17.8 Å². The van der Waals surface area contributed by atoms with E-state index in [-0.39, 0.29) is 23.3 Å². The van der Waals surface area contributed by atoms with E-state index in [0.29, 0.717) is 11.2 Å². The van der Waals surface area contributed by atoms with Gasteiger partial charge in [0.1, 0.15) is 0 Å². The zero-order chi connectivity index (χ0) is 22.7. The van der Waals surface area contributed by atoms with E-state index in [0.717, 1.165) is 24.3 Å². The molecule has 3 heterocycles. The van der Waals surface area contributed by atoms with E-state index in [1.807, 2.05) is 0 Å². The van der Waals surface area contributed by atoms with Crippen LogP contribution in [0.3, 0.4) is 0 Å². The van der Waals surface area contributed by atoms with Crippen LogP contribution < -0.4 is 16.6 Å². The van der Waals surface area contributed by atoms with Crippen LogP contribution in [0.4, 0.5) is 0 Å². The van der Waals surface area contributed by atoms with Gasteiger partial charge in [0.25, 0.3) is 5.56 Å². The van der Waals surface area contributed by atoms with E-state index < -0.39 is 0 Å². The molecule has 174 valence electrons. The summed E-state index contributed by atoms with van der Waals surface area (Å²) >= 11 is 1.71. The minimum Gasteiger partial charge on any atom is -0.328 e. The van der Waals surface area contributed by atoms with Gasteiger partial charge >= 0.3 is 5.69 Å². The number of aromatic nitrogens is 4. The van der Waals surface area contributed by atoms with Crippen LogP contribution in [0.25, 0.3) is 16.7 Å². The molecular weight excluding hydrogens is 434 g/mol. The summed E-state index contributed by atoms with van der Waals surface area (Å²) in [6.45, 7) is 1.03. The maximum atomic E-state index is 13.1. The molecule has 4 fully saturated rings. The maximum Gasteiger partial charge on any atom is 0.332 e. The van der Waals surface area contributed by atoms with E-state index in [1.165, 1.54) is 58.1 Å². The predicted molar refractivity (Wildman–Crippen MR) is 131 cm³/mol. The SMILES string of the molecule is Cn1cnc2c1c(=O)n(C/C=C(/CNC13CC4CC(CC(C4)C1)C3)c1cccs1)c(=O)n2C. The summed E-state index contributed by atoms with van der Waals surface area (Å²) in [5.41, 5.74) is 1.70. The average Bonchev–Trinajstić information content (AvgIpc) is 3.43. The van der Waals surface area contributed by atoms with Crippen LogP contribution >= 0.6 is 11.3 Å². The van der Waals surface area contributed by atoms with Crippen LogP contribution in [0.5, 0.6) is 0 Å². The first kappa shape index (κ1) is 21.1. The Bertz CT molecular complexity index is 1310. The van der Waals surface area contributed by atoms with E-state index in [2.05, 4.69) is 33.9 Å². The fourth-order valence-electron chi connectivity index (χ4n) is 7.09. The topological polar surface area (TPSA) is 73.8 Å². The van der Waals surface area contributed by atoms with E-state index >= 15 is 0 Å². The van der Waals surface area contributed by atoms with Gasteiger partial charge < -0.3 is 9.88 Å². The Morgan fingerprint density at radius 1 is 1.18 bits per heavy atom. The molecular formula is C25H31N5O2S. The van der Waals surface area contributed by atoms with Gasteiger partial charge in [-0.25, -0.2) is 9.78 Å². The highest BCUT2D eigenvalue weighted by molar-refractivity contribution is 7.11. The third-order valence-electron chi connectivity index (χ3n) is 8.25. The van der Waals surface area contributed by atoms with Crippen LogP contribution in [0.15, 0.2) is 39.5 Å². The molecule has 1 N–H and O–H groups in total. The molecule has 0 aliphatic heterocycles. The molecule has 0 amide bonds. The van der Waals surface area contributed by atoms with Gasteiger partial charge in [0, 0.05) is 37.6 Å². The molecule has 7 rings (SSSR count). The molecule has 0 radical (unpaired) electrons. The average molecular weight is 466 g/mol. The Kier molecular flexibility index (Phi) is 4.99. The van der Waals surface area contributed by atoms with E-state index in [9.17, 15) is 9.59 Å². The van der Waals surface area contributed by atoms with Gasteiger partial charge in [-0.2, -0.15) is 0 Å². The summed E-state index contributed by atoms with van der Waals surface area (Å²) in [5, 5.41) is 6.06. The zero-order valence-electron chi connectivity index (χ0n) is 19.3. The summed E-state index contributed by atoms with van der Waals surface area (Å²) in [7, 11) is 3.46. The van der Waals surface area contributed by atoms with Gasteiger partial charge in [0.15, 0.2) is 11.2 Å². The molecule has 4 aliphatic carbocycles. The standard InChI is InChI=1S/C25H31N5O2S/c1-28-15-26-22-21(28)23(31)30(24(32)29(22)2)6-5-19(20-4-3-7-33-20)14-27-25-11-16-8-17(12-25)10-18(9-16)13-25/h3-5,7,15-18,27H,6,8-14H2,1-2H3/b19-5-. The zero-order valence-corrected chi connectivity index (χ0v) is 20.1. The quantitative estimate of drug-likeness (QED) is 0.607. The Morgan fingerprint density at radius 2 is 1.88 bits per heavy atom. The molecule has 8 heteroatoms. The van der Waals surface area contributed by atoms with Crippen molar-refractivity contribution in [2.75, 3.05) is 6.54 Å². The second kappa shape index (κ2) is 7.81. The lowest BCUT2D eigenvalue weighted by molar-refractivity contribution is -0.0176. The highest BCUT2D eigenvalue weighted by Gasteiger charge is 2.50. The number of aryl methyl sites for hydroxylation is 2. The summed E-state index contributed by atoms with van der Waals surface area (Å²) in [6, 6.07) is 4.19. The molecule has 0 unspecified atom stereocenters. The number of hydrogen-bond donors (Lipinski definition) is 1. The van der Waals surface area contributed by atoms with Crippen LogP contribution in [-0.4, -0.2) is 30.8 Å². The molecule has 4 aliphatic rings. The molecule has 33 heavy (non-hydrogen) atoms. The molecule has 0 spiro atoms. The predicted octanol–water partition coefficient (Wildman–Crippen LogP) is 3.14. The van der Waals surface area contributed by atoms with E-state index in [1.54, 1.807) is 36.3 Å². The van der Waals surface area contributed by atoms with Gasteiger partial charge in [0.05, 0.1) is 6.33 Å². The number of nitrogens with zero attached hydrogens (tertiary/aromatic N) is 4. The Hall–Kier alpha value is -2.45. The Balaban J connectivity index is 1.30. The molecule has 3 aromatic rings. The van der Waals surface area contributed by atoms with Gasteiger partial charge in [0.2, 0.25) is 0 Å². The van der Waals surface area contributed by atoms with Crippen LogP contribution in [0.1, 0.15) is 43.4 Å². The van der Waals surface area contributed by atoms with Gasteiger partial charge in [-0.15, -0.1) is 11.3 Å². The van der Waals surface area contributed by atoms with Gasteiger partial charge in [-0.3, -0.25) is 13.9 Å². The summed E-state index contributed by atoms with van der Waals surface area (Å²) in [6.07, 6.45) is 11.8. The molecule has 0 saturated heterocycles. The smallest absolute Gasteiger partial charge is 0.328 e. The largest absolute Gasteiger partial charge is 0.332 e. The number of hydrogen-bond acceptors (Lipinski definition) is 5.